The first kappa shape index (κ1) is 12.8. The number of carbonyl (C=O) groups excluding carboxylic acids is 1. The molecule has 0 unspecified atom stereocenters. The molecule has 0 heterocycles. The van der Waals surface area contributed by atoms with Crippen LogP contribution in [0.3, 0.4) is 0 Å². The fourth-order valence-electron chi connectivity index (χ4n) is 1.03. The van der Waals surface area contributed by atoms with E-state index in [1.165, 1.54) is 4.90 Å². The fourth-order valence-corrected chi connectivity index (χ4v) is 1.37. The monoisotopic (exact) mass is 287 g/mol. The minimum absolute atomic E-state index is 0.00495. The van der Waals surface area contributed by atoms with Crippen molar-refractivity contribution in [3.8, 4) is 11.5 Å². The van der Waals surface area contributed by atoms with E-state index in [9.17, 15) is 4.79 Å². The molecule has 0 aliphatic rings. The second kappa shape index (κ2) is 5.75. The Balaban J connectivity index is 2.70. The van der Waals surface area contributed by atoms with E-state index < -0.39 is 0 Å². The lowest BCUT2D eigenvalue weighted by molar-refractivity contribution is -0.130. The summed E-state index contributed by atoms with van der Waals surface area (Å²) in [5, 5.41) is 0. The molecule has 0 saturated carbocycles. The highest BCUT2D eigenvalue weighted by Gasteiger charge is 2.08. The molecule has 0 radical (unpaired) electrons. The Bertz CT molecular complexity index is 379. The molecular weight excluding hydrogens is 274 g/mol. The summed E-state index contributed by atoms with van der Waals surface area (Å²) in [6, 6.07) is 5.37. The molecule has 16 heavy (non-hydrogen) atoms. The van der Waals surface area contributed by atoms with Gasteiger partial charge in [-0.2, -0.15) is 0 Å². The SMILES string of the molecule is COc1cc(Br)ccc1OCC(=O)N(C)C. The first-order valence-electron chi connectivity index (χ1n) is 4.71. The minimum Gasteiger partial charge on any atom is -0.493 e. The van der Waals surface area contributed by atoms with Gasteiger partial charge in [0.1, 0.15) is 0 Å². The van der Waals surface area contributed by atoms with Gasteiger partial charge in [0.2, 0.25) is 0 Å². The molecule has 0 bridgehead atoms. The molecular formula is C11H14BrNO3. The predicted molar refractivity (Wildman–Crippen MR) is 64.9 cm³/mol. The Kier molecular flexibility index (Phi) is 4.61. The van der Waals surface area contributed by atoms with Crippen molar-refractivity contribution in [2.75, 3.05) is 27.8 Å². The van der Waals surface area contributed by atoms with Crippen LogP contribution in [0.15, 0.2) is 22.7 Å². The number of carbonyl (C=O) groups is 1. The first-order chi connectivity index (χ1) is 7.54. The maximum absolute atomic E-state index is 11.3. The molecule has 0 atom stereocenters. The van der Waals surface area contributed by atoms with Crippen molar-refractivity contribution in [2.45, 2.75) is 0 Å². The number of amides is 1. The Morgan fingerprint density at radius 3 is 2.62 bits per heavy atom. The number of rotatable bonds is 4. The topological polar surface area (TPSA) is 38.8 Å². The lowest BCUT2D eigenvalue weighted by Crippen LogP contribution is -2.27. The van der Waals surface area contributed by atoms with Crippen LogP contribution in [-0.4, -0.2) is 38.6 Å². The van der Waals surface area contributed by atoms with Gasteiger partial charge in [-0.25, -0.2) is 0 Å². The molecule has 0 aliphatic carbocycles. The van der Waals surface area contributed by atoms with E-state index in [0.717, 1.165) is 4.47 Å². The summed E-state index contributed by atoms with van der Waals surface area (Å²) in [5.74, 6) is 1.06. The molecule has 88 valence electrons. The average Bonchev–Trinajstić information content (AvgIpc) is 2.26. The van der Waals surface area contributed by atoms with Crippen LogP contribution in [0.4, 0.5) is 0 Å². The van der Waals surface area contributed by atoms with Crippen LogP contribution in [0.1, 0.15) is 0 Å². The van der Waals surface area contributed by atoms with E-state index in [1.54, 1.807) is 33.3 Å². The molecule has 5 heteroatoms. The Morgan fingerprint density at radius 2 is 2.06 bits per heavy atom. The van der Waals surface area contributed by atoms with Crippen molar-refractivity contribution in [3.05, 3.63) is 22.7 Å². The first-order valence-corrected chi connectivity index (χ1v) is 5.50. The van der Waals surface area contributed by atoms with Crippen LogP contribution >= 0.6 is 15.9 Å². The van der Waals surface area contributed by atoms with E-state index in [0.29, 0.717) is 11.5 Å². The zero-order valence-electron chi connectivity index (χ0n) is 9.49. The number of halogens is 1. The maximum Gasteiger partial charge on any atom is 0.259 e. The smallest absolute Gasteiger partial charge is 0.259 e. The molecule has 0 fully saturated rings. The molecule has 0 aliphatic heterocycles. The third-order valence-corrected chi connectivity index (χ3v) is 2.47. The molecule has 1 amide bonds. The minimum atomic E-state index is -0.0926. The molecule has 0 N–H and O–H groups in total. The van der Waals surface area contributed by atoms with Gasteiger partial charge in [-0.15, -0.1) is 0 Å². The van der Waals surface area contributed by atoms with E-state index in [-0.39, 0.29) is 12.5 Å². The summed E-state index contributed by atoms with van der Waals surface area (Å²) in [6.45, 7) is 0.00495. The van der Waals surface area contributed by atoms with Crippen LogP contribution in [0, 0.1) is 0 Å². The highest BCUT2D eigenvalue weighted by molar-refractivity contribution is 9.10. The van der Waals surface area contributed by atoms with Crippen molar-refractivity contribution in [3.63, 3.8) is 0 Å². The highest BCUT2D eigenvalue weighted by Crippen LogP contribution is 2.30. The van der Waals surface area contributed by atoms with Crippen molar-refractivity contribution in [1.29, 1.82) is 0 Å². The van der Waals surface area contributed by atoms with Crippen molar-refractivity contribution in [1.82, 2.24) is 4.90 Å². The summed E-state index contributed by atoms with van der Waals surface area (Å²) in [6.07, 6.45) is 0. The zero-order chi connectivity index (χ0) is 12.1. The number of hydrogen-bond acceptors (Lipinski definition) is 3. The third-order valence-electron chi connectivity index (χ3n) is 1.98. The second-order valence-corrected chi connectivity index (χ2v) is 4.29. The van der Waals surface area contributed by atoms with Gasteiger partial charge in [0.25, 0.3) is 5.91 Å². The van der Waals surface area contributed by atoms with E-state index >= 15 is 0 Å². The largest absolute Gasteiger partial charge is 0.493 e. The molecule has 0 saturated heterocycles. The summed E-state index contributed by atoms with van der Waals surface area (Å²) in [5.41, 5.74) is 0. The van der Waals surface area contributed by atoms with Gasteiger partial charge in [-0.05, 0) is 18.2 Å². The number of methoxy groups -OCH3 is 1. The lowest BCUT2D eigenvalue weighted by Gasteiger charge is -2.13. The lowest BCUT2D eigenvalue weighted by atomic mass is 10.3. The maximum atomic E-state index is 11.3. The number of ether oxygens (including phenoxy) is 2. The van der Waals surface area contributed by atoms with Gasteiger partial charge in [0, 0.05) is 18.6 Å². The molecule has 0 aromatic heterocycles. The quantitative estimate of drug-likeness (QED) is 0.849. The van der Waals surface area contributed by atoms with Gasteiger partial charge in [0.05, 0.1) is 7.11 Å². The summed E-state index contributed by atoms with van der Waals surface area (Å²) >= 11 is 3.33. The summed E-state index contributed by atoms with van der Waals surface area (Å²) in [4.78, 5) is 12.8. The van der Waals surface area contributed by atoms with Gasteiger partial charge in [0.15, 0.2) is 18.1 Å². The van der Waals surface area contributed by atoms with E-state index in [2.05, 4.69) is 15.9 Å². The van der Waals surface area contributed by atoms with E-state index in [1.807, 2.05) is 6.07 Å². The third kappa shape index (κ3) is 3.41. The predicted octanol–water partition coefficient (Wildman–Crippen LogP) is 1.92. The second-order valence-electron chi connectivity index (χ2n) is 3.37. The van der Waals surface area contributed by atoms with Crippen LogP contribution in [0.2, 0.25) is 0 Å². The van der Waals surface area contributed by atoms with Gasteiger partial charge < -0.3 is 14.4 Å². The average molecular weight is 288 g/mol. The summed E-state index contributed by atoms with van der Waals surface area (Å²) < 4.78 is 11.4. The van der Waals surface area contributed by atoms with Crippen molar-refractivity contribution in [2.24, 2.45) is 0 Å². The Hall–Kier alpha value is -1.23. The Morgan fingerprint density at radius 1 is 1.38 bits per heavy atom. The van der Waals surface area contributed by atoms with Crippen molar-refractivity contribution < 1.29 is 14.3 Å². The number of benzene rings is 1. The number of nitrogens with zero attached hydrogens (tertiary/aromatic N) is 1. The van der Waals surface area contributed by atoms with Crippen LogP contribution < -0.4 is 9.47 Å². The van der Waals surface area contributed by atoms with Gasteiger partial charge >= 0.3 is 0 Å². The van der Waals surface area contributed by atoms with Crippen molar-refractivity contribution >= 4 is 21.8 Å². The van der Waals surface area contributed by atoms with Crippen LogP contribution in [0.5, 0.6) is 11.5 Å². The van der Waals surface area contributed by atoms with Crippen LogP contribution in [-0.2, 0) is 4.79 Å². The molecule has 1 rings (SSSR count). The fraction of sp³-hybridized carbons (Fsp3) is 0.364. The van der Waals surface area contributed by atoms with Gasteiger partial charge in [-0.3, -0.25) is 4.79 Å². The summed E-state index contributed by atoms with van der Waals surface area (Å²) in [7, 11) is 4.93. The highest BCUT2D eigenvalue weighted by atomic mass is 79.9. The zero-order valence-corrected chi connectivity index (χ0v) is 11.1. The molecule has 1 aromatic rings. The van der Waals surface area contributed by atoms with Crippen LogP contribution in [0.25, 0.3) is 0 Å². The van der Waals surface area contributed by atoms with Gasteiger partial charge in [-0.1, -0.05) is 15.9 Å². The Labute approximate surface area is 103 Å². The molecule has 4 nitrogen and oxygen atoms in total. The normalized spacial score (nSPS) is 9.75. The standard InChI is InChI=1S/C11H14BrNO3/c1-13(2)11(14)7-16-9-5-4-8(12)6-10(9)15-3/h4-6H,7H2,1-3H3. The van der Waals surface area contributed by atoms with E-state index in [4.69, 9.17) is 9.47 Å². The number of likely N-dealkylation sites (N-methyl/N-ethyl adjacent to an activating group) is 1. The molecule has 0 spiro atoms. The number of hydrogen-bond donors (Lipinski definition) is 0. The molecule has 1 aromatic carbocycles.